The van der Waals surface area contributed by atoms with Gasteiger partial charge in [0, 0.05) is 55.5 Å². The molecule has 0 unspecified atom stereocenters. The lowest BCUT2D eigenvalue weighted by Gasteiger charge is -2.33. The first-order chi connectivity index (χ1) is 16.9. The molecule has 0 saturated carbocycles. The average Bonchev–Trinajstić information content (AvgIpc) is 3.44. The van der Waals surface area contributed by atoms with E-state index in [9.17, 15) is 4.39 Å². The first-order valence-corrected chi connectivity index (χ1v) is 11.3. The van der Waals surface area contributed by atoms with E-state index < -0.39 is 11.6 Å². The molecule has 1 fully saturated rings. The number of halogens is 2. The number of hydrogen-bond donors (Lipinski definition) is 3. The Hall–Kier alpha value is -3.99. The van der Waals surface area contributed by atoms with Crippen LogP contribution in [-0.2, 0) is 0 Å². The molecule has 3 N–H and O–H groups in total. The normalized spacial score (nSPS) is 14.8. The Morgan fingerprint density at radius 3 is 2.63 bits per heavy atom. The first kappa shape index (κ1) is 22.8. The van der Waals surface area contributed by atoms with Crippen LogP contribution in [0.25, 0.3) is 17.0 Å². The number of aryl methyl sites for hydroxylation is 1. The lowest BCUT2D eigenvalue weighted by atomic mass is 10.2. The quantitative estimate of drug-likeness (QED) is 0.371. The van der Waals surface area contributed by atoms with E-state index in [4.69, 9.17) is 4.74 Å². The number of nitrogens with zero attached hydrogens (tertiary/aromatic N) is 5. The van der Waals surface area contributed by atoms with Crippen molar-refractivity contribution in [1.29, 1.82) is 0 Å². The molecule has 35 heavy (non-hydrogen) atoms. The summed E-state index contributed by atoms with van der Waals surface area (Å²) < 4.78 is 35.5. The molecular weight excluding hydrogens is 454 g/mol. The molecule has 1 aliphatic rings. The maximum absolute atomic E-state index is 15.1. The number of ether oxygens (including phenoxy) is 1. The Kier molecular flexibility index (Phi) is 6.08. The number of H-pyrrole nitrogens is 2. The predicted molar refractivity (Wildman–Crippen MR) is 131 cm³/mol. The van der Waals surface area contributed by atoms with Gasteiger partial charge in [-0.25, -0.2) is 8.78 Å². The van der Waals surface area contributed by atoms with Gasteiger partial charge in [0.25, 0.3) is 0 Å². The van der Waals surface area contributed by atoms with Crippen molar-refractivity contribution >= 4 is 34.4 Å². The number of nitrogens with one attached hydrogen (secondary N) is 3. The first-order valence-electron chi connectivity index (χ1n) is 11.3. The largest absolute Gasteiger partial charge is 0.421 e. The zero-order valence-electron chi connectivity index (χ0n) is 19.7. The van der Waals surface area contributed by atoms with Crippen molar-refractivity contribution in [3.63, 3.8) is 0 Å². The summed E-state index contributed by atoms with van der Waals surface area (Å²) in [4.78, 5) is 16.1. The van der Waals surface area contributed by atoms with Crippen LogP contribution in [0.3, 0.4) is 0 Å². The zero-order chi connectivity index (χ0) is 24.5. The lowest BCUT2D eigenvalue weighted by Crippen LogP contribution is -2.44. The SMILES string of the molecule is C/C=C/c1cc(Nc2cc(N3CCN(C)CC3)nc(Oc3cc(F)c4[nH]c(C)cc4c3F)n2)n[nH]1. The summed E-state index contributed by atoms with van der Waals surface area (Å²) in [6.07, 6.45) is 3.79. The number of rotatable bonds is 6. The van der Waals surface area contributed by atoms with Crippen LogP contribution in [0.15, 0.2) is 30.3 Å². The second-order valence-electron chi connectivity index (χ2n) is 8.53. The molecular formula is C24H26F2N8O. The van der Waals surface area contributed by atoms with Crippen LogP contribution in [0.2, 0.25) is 0 Å². The lowest BCUT2D eigenvalue weighted by molar-refractivity contribution is 0.311. The predicted octanol–water partition coefficient (Wildman–Crippen LogP) is 4.59. The molecule has 0 amide bonds. The molecule has 4 heterocycles. The average molecular weight is 481 g/mol. The fraction of sp³-hybridized carbons (Fsp3) is 0.292. The van der Waals surface area contributed by atoms with E-state index in [-0.39, 0.29) is 22.7 Å². The molecule has 0 spiro atoms. The highest BCUT2D eigenvalue weighted by Gasteiger charge is 2.21. The van der Waals surface area contributed by atoms with Gasteiger partial charge in [0.15, 0.2) is 23.2 Å². The Morgan fingerprint density at radius 1 is 1.06 bits per heavy atom. The summed E-state index contributed by atoms with van der Waals surface area (Å²) in [6, 6.07) is 6.06. The number of allylic oxidation sites excluding steroid dienone is 1. The summed E-state index contributed by atoms with van der Waals surface area (Å²) in [5.41, 5.74) is 1.57. The molecule has 4 aromatic rings. The van der Waals surface area contributed by atoms with Crippen LogP contribution >= 0.6 is 0 Å². The van der Waals surface area contributed by atoms with Gasteiger partial charge in [-0.1, -0.05) is 6.08 Å². The number of hydrogen-bond acceptors (Lipinski definition) is 7. The summed E-state index contributed by atoms with van der Waals surface area (Å²) in [6.45, 7) is 6.92. The third kappa shape index (κ3) is 4.80. The van der Waals surface area contributed by atoms with Crippen molar-refractivity contribution in [3.8, 4) is 11.8 Å². The number of likely N-dealkylation sites (N-methyl/N-ethyl adjacent to an activating group) is 1. The molecule has 0 atom stereocenters. The maximum atomic E-state index is 15.1. The summed E-state index contributed by atoms with van der Waals surface area (Å²) in [5, 5.41) is 10.4. The van der Waals surface area contributed by atoms with E-state index in [2.05, 4.69) is 47.3 Å². The number of aromatic amines is 2. The van der Waals surface area contributed by atoms with Crippen LogP contribution in [0.4, 0.5) is 26.2 Å². The number of fused-ring (bicyclic) bond motifs is 1. The molecule has 182 valence electrons. The second kappa shape index (κ2) is 9.34. The van der Waals surface area contributed by atoms with Crippen LogP contribution < -0.4 is 15.0 Å². The third-order valence-electron chi connectivity index (χ3n) is 5.82. The fourth-order valence-electron chi connectivity index (χ4n) is 4.02. The van der Waals surface area contributed by atoms with Gasteiger partial charge < -0.3 is 24.8 Å². The Bertz CT molecular complexity index is 1390. The molecule has 1 aliphatic heterocycles. The van der Waals surface area contributed by atoms with Gasteiger partial charge in [-0.3, -0.25) is 5.10 Å². The number of benzene rings is 1. The van der Waals surface area contributed by atoms with Crippen LogP contribution in [-0.4, -0.2) is 63.3 Å². The Labute approximate surface area is 200 Å². The number of anilines is 3. The molecule has 0 bridgehead atoms. The minimum absolute atomic E-state index is 0.0947. The van der Waals surface area contributed by atoms with Gasteiger partial charge in [0.05, 0.1) is 11.2 Å². The monoisotopic (exact) mass is 480 g/mol. The molecule has 1 aromatic carbocycles. The van der Waals surface area contributed by atoms with Gasteiger partial charge >= 0.3 is 6.01 Å². The van der Waals surface area contributed by atoms with Crippen molar-refractivity contribution in [2.24, 2.45) is 0 Å². The Balaban J connectivity index is 1.50. The van der Waals surface area contributed by atoms with Crippen molar-refractivity contribution in [2.45, 2.75) is 13.8 Å². The van der Waals surface area contributed by atoms with Gasteiger partial charge in [0.1, 0.15) is 11.6 Å². The minimum atomic E-state index is -0.683. The molecule has 5 rings (SSSR count). The zero-order valence-corrected chi connectivity index (χ0v) is 19.7. The van der Waals surface area contributed by atoms with Crippen LogP contribution in [0.1, 0.15) is 18.3 Å². The van der Waals surface area contributed by atoms with Crippen molar-refractivity contribution in [2.75, 3.05) is 43.4 Å². The molecule has 3 aromatic heterocycles. The Morgan fingerprint density at radius 2 is 1.86 bits per heavy atom. The van der Waals surface area contributed by atoms with Gasteiger partial charge in [0.2, 0.25) is 0 Å². The number of piperazine rings is 1. The highest BCUT2D eigenvalue weighted by molar-refractivity contribution is 5.83. The smallest absolute Gasteiger partial charge is 0.326 e. The maximum Gasteiger partial charge on any atom is 0.326 e. The highest BCUT2D eigenvalue weighted by Crippen LogP contribution is 2.33. The van der Waals surface area contributed by atoms with E-state index in [1.807, 2.05) is 25.1 Å². The van der Waals surface area contributed by atoms with Gasteiger partial charge in [-0.05, 0) is 33.0 Å². The van der Waals surface area contributed by atoms with E-state index in [0.717, 1.165) is 37.9 Å². The van der Waals surface area contributed by atoms with E-state index in [1.165, 1.54) is 6.07 Å². The van der Waals surface area contributed by atoms with E-state index in [1.54, 1.807) is 13.0 Å². The topological polar surface area (TPSA) is 98.0 Å². The second-order valence-corrected chi connectivity index (χ2v) is 8.53. The standard InChI is InChI=1S/C24H26F2N8O/c1-4-5-15-11-20(32-31-15)28-19-13-21(34-8-6-33(3)7-9-34)30-24(29-19)35-18-12-17(25)23-16(22(18)26)10-14(2)27-23/h4-5,10-13,27H,6-9H2,1-3H3,(H2,28,29,30,31,32)/b5-4+. The summed E-state index contributed by atoms with van der Waals surface area (Å²) in [7, 11) is 2.06. The number of aromatic nitrogens is 5. The van der Waals surface area contributed by atoms with E-state index >= 15 is 4.39 Å². The van der Waals surface area contributed by atoms with Crippen molar-refractivity contribution in [3.05, 3.63) is 53.4 Å². The molecule has 0 radical (unpaired) electrons. The molecule has 0 aliphatic carbocycles. The van der Waals surface area contributed by atoms with Crippen molar-refractivity contribution in [1.82, 2.24) is 30.0 Å². The van der Waals surface area contributed by atoms with Crippen LogP contribution in [0, 0.1) is 18.6 Å². The van der Waals surface area contributed by atoms with Crippen molar-refractivity contribution < 1.29 is 13.5 Å². The molecule has 1 saturated heterocycles. The highest BCUT2D eigenvalue weighted by atomic mass is 19.1. The summed E-state index contributed by atoms with van der Waals surface area (Å²) >= 11 is 0. The van der Waals surface area contributed by atoms with Gasteiger partial charge in [-0.15, -0.1) is 0 Å². The fourth-order valence-corrected chi connectivity index (χ4v) is 4.02. The van der Waals surface area contributed by atoms with Crippen LogP contribution in [0.5, 0.6) is 11.8 Å². The van der Waals surface area contributed by atoms with Gasteiger partial charge in [-0.2, -0.15) is 15.1 Å². The summed E-state index contributed by atoms with van der Waals surface area (Å²) in [5.74, 6) is -0.00134. The molecule has 9 nitrogen and oxygen atoms in total. The minimum Gasteiger partial charge on any atom is -0.421 e. The molecule has 11 heteroatoms. The third-order valence-corrected chi connectivity index (χ3v) is 5.82. The van der Waals surface area contributed by atoms with E-state index in [0.29, 0.717) is 23.1 Å².